The maximum Gasteiger partial charge on any atom is 0.255 e. The van der Waals surface area contributed by atoms with E-state index in [1.165, 1.54) is 0 Å². The van der Waals surface area contributed by atoms with E-state index in [9.17, 15) is 4.79 Å². The first-order valence-corrected chi connectivity index (χ1v) is 9.50. The van der Waals surface area contributed by atoms with Crippen LogP contribution in [0.15, 0.2) is 54.6 Å². The second kappa shape index (κ2) is 9.05. The summed E-state index contributed by atoms with van der Waals surface area (Å²) in [6.45, 7) is 4.69. The SMILES string of the molecule is CCNc1nc(C)cc(Nc2ccc(NC(=O)c3ccc(N(C)C)cc3)cc2)n1. The van der Waals surface area contributed by atoms with E-state index in [-0.39, 0.29) is 5.91 Å². The van der Waals surface area contributed by atoms with Crippen LogP contribution in [0.5, 0.6) is 0 Å². The number of anilines is 5. The van der Waals surface area contributed by atoms with Gasteiger partial charge in [0.25, 0.3) is 5.91 Å². The number of aryl methyl sites for hydroxylation is 1. The molecule has 0 spiro atoms. The van der Waals surface area contributed by atoms with Crippen LogP contribution in [0.25, 0.3) is 0 Å². The number of carbonyl (C=O) groups excluding carboxylic acids is 1. The molecule has 3 aromatic rings. The van der Waals surface area contributed by atoms with Crippen molar-refractivity contribution < 1.29 is 4.79 Å². The quantitative estimate of drug-likeness (QED) is 0.559. The molecule has 0 fully saturated rings. The number of nitrogens with zero attached hydrogens (tertiary/aromatic N) is 3. The van der Waals surface area contributed by atoms with Crippen LogP contribution >= 0.6 is 0 Å². The van der Waals surface area contributed by atoms with Gasteiger partial charge in [0.15, 0.2) is 0 Å². The van der Waals surface area contributed by atoms with Crippen molar-refractivity contribution in [1.29, 1.82) is 0 Å². The molecular weight excluding hydrogens is 364 g/mol. The zero-order valence-electron chi connectivity index (χ0n) is 17.2. The van der Waals surface area contributed by atoms with Gasteiger partial charge in [-0.25, -0.2) is 4.98 Å². The topological polar surface area (TPSA) is 82.2 Å². The van der Waals surface area contributed by atoms with Gasteiger partial charge in [-0.3, -0.25) is 4.79 Å². The van der Waals surface area contributed by atoms with Crippen LogP contribution in [0.2, 0.25) is 0 Å². The van der Waals surface area contributed by atoms with E-state index in [2.05, 4.69) is 25.9 Å². The third-order valence-electron chi connectivity index (χ3n) is 4.25. The Morgan fingerprint density at radius 1 is 0.966 bits per heavy atom. The number of amides is 1. The van der Waals surface area contributed by atoms with Crippen LogP contribution < -0.4 is 20.9 Å². The van der Waals surface area contributed by atoms with Crippen molar-refractivity contribution in [2.24, 2.45) is 0 Å². The molecule has 0 aliphatic carbocycles. The van der Waals surface area contributed by atoms with Crippen LogP contribution in [-0.4, -0.2) is 36.5 Å². The molecule has 1 amide bonds. The lowest BCUT2D eigenvalue weighted by Gasteiger charge is -2.13. The molecule has 0 atom stereocenters. The molecule has 7 nitrogen and oxygen atoms in total. The Kier molecular flexibility index (Phi) is 6.29. The summed E-state index contributed by atoms with van der Waals surface area (Å²) < 4.78 is 0. The zero-order valence-corrected chi connectivity index (χ0v) is 17.2. The smallest absolute Gasteiger partial charge is 0.255 e. The van der Waals surface area contributed by atoms with E-state index in [4.69, 9.17) is 0 Å². The Morgan fingerprint density at radius 3 is 2.24 bits per heavy atom. The van der Waals surface area contributed by atoms with E-state index in [0.29, 0.717) is 17.3 Å². The minimum atomic E-state index is -0.141. The molecule has 1 aromatic heterocycles. The number of benzene rings is 2. The van der Waals surface area contributed by atoms with Gasteiger partial charge >= 0.3 is 0 Å². The zero-order chi connectivity index (χ0) is 20.8. The average molecular weight is 390 g/mol. The fraction of sp³-hybridized carbons (Fsp3) is 0.227. The standard InChI is InChI=1S/C22H26N6O/c1-5-23-22-24-15(2)14-20(27-22)25-17-8-10-18(11-9-17)26-21(29)16-6-12-19(13-7-16)28(3)4/h6-14H,5H2,1-4H3,(H,26,29)(H2,23,24,25,27). The van der Waals surface area contributed by atoms with E-state index in [0.717, 1.165) is 29.3 Å². The van der Waals surface area contributed by atoms with Crippen molar-refractivity contribution in [2.45, 2.75) is 13.8 Å². The van der Waals surface area contributed by atoms with Gasteiger partial charge in [0.1, 0.15) is 5.82 Å². The van der Waals surface area contributed by atoms with E-state index in [1.807, 2.05) is 87.4 Å². The van der Waals surface area contributed by atoms with Gasteiger partial charge in [-0.05, 0) is 62.4 Å². The van der Waals surface area contributed by atoms with Gasteiger partial charge in [-0.2, -0.15) is 4.98 Å². The van der Waals surface area contributed by atoms with Crippen LogP contribution in [0, 0.1) is 6.92 Å². The molecular formula is C22H26N6O. The molecule has 0 aliphatic heterocycles. The highest BCUT2D eigenvalue weighted by molar-refractivity contribution is 6.04. The van der Waals surface area contributed by atoms with Crippen molar-refractivity contribution in [2.75, 3.05) is 41.5 Å². The summed E-state index contributed by atoms with van der Waals surface area (Å²) in [7, 11) is 3.93. The predicted molar refractivity (Wildman–Crippen MR) is 119 cm³/mol. The van der Waals surface area contributed by atoms with Gasteiger partial charge in [-0.1, -0.05) is 0 Å². The molecule has 0 saturated heterocycles. The average Bonchev–Trinajstić information content (AvgIpc) is 2.69. The van der Waals surface area contributed by atoms with Crippen LogP contribution in [0.3, 0.4) is 0 Å². The third kappa shape index (κ3) is 5.44. The van der Waals surface area contributed by atoms with Crippen molar-refractivity contribution in [3.8, 4) is 0 Å². The maximum atomic E-state index is 12.4. The highest BCUT2D eigenvalue weighted by Gasteiger charge is 2.07. The van der Waals surface area contributed by atoms with E-state index >= 15 is 0 Å². The number of hydrogen-bond acceptors (Lipinski definition) is 6. The Labute approximate surface area is 171 Å². The van der Waals surface area contributed by atoms with E-state index in [1.54, 1.807) is 0 Å². The molecule has 3 rings (SSSR count). The summed E-state index contributed by atoms with van der Waals surface area (Å²) in [6.07, 6.45) is 0. The number of aromatic nitrogens is 2. The Morgan fingerprint density at radius 2 is 1.62 bits per heavy atom. The summed E-state index contributed by atoms with van der Waals surface area (Å²) in [5.41, 5.74) is 4.14. The monoisotopic (exact) mass is 390 g/mol. The molecule has 2 aromatic carbocycles. The van der Waals surface area contributed by atoms with Crippen LogP contribution in [0.4, 0.5) is 28.8 Å². The number of rotatable bonds is 7. The van der Waals surface area contributed by atoms with Gasteiger partial charge in [0.05, 0.1) is 0 Å². The highest BCUT2D eigenvalue weighted by atomic mass is 16.1. The van der Waals surface area contributed by atoms with Gasteiger partial charge in [0, 0.05) is 55.0 Å². The van der Waals surface area contributed by atoms with Crippen molar-refractivity contribution in [3.05, 3.63) is 65.9 Å². The molecule has 3 N–H and O–H groups in total. The van der Waals surface area contributed by atoms with Crippen molar-refractivity contribution in [1.82, 2.24) is 9.97 Å². The minimum absolute atomic E-state index is 0.141. The summed E-state index contributed by atoms with van der Waals surface area (Å²) in [5, 5.41) is 9.30. The molecule has 0 aliphatic rings. The molecule has 0 saturated carbocycles. The minimum Gasteiger partial charge on any atom is -0.378 e. The fourth-order valence-corrected chi connectivity index (χ4v) is 2.77. The first-order valence-electron chi connectivity index (χ1n) is 9.50. The van der Waals surface area contributed by atoms with Crippen molar-refractivity contribution in [3.63, 3.8) is 0 Å². The predicted octanol–water partition coefficient (Wildman–Crippen LogP) is 4.28. The Balaban J connectivity index is 1.65. The van der Waals surface area contributed by atoms with Gasteiger partial charge < -0.3 is 20.9 Å². The molecule has 0 unspecified atom stereocenters. The maximum absolute atomic E-state index is 12.4. The number of carbonyl (C=O) groups is 1. The Bertz CT molecular complexity index is 968. The normalized spacial score (nSPS) is 10.3. The lowest BCUT2D eigenvalue weighted by molar-refractivity contribution is 0.102. The fourth-order valence-electron chi connectivity index (χ4n) is 2.77. The molecule has 150 valence electrons. The number of hydrogen-bond donors (Lipinski definition) is 3. The summed E-state index contributed by atoms with van der Waals surface area (Å²) >= 11 is 0. The van der Waals surface area contributed by atoms with Gasteiger partial charge in [-0.15, -0.1) is 0 Å². The molecule has 7 heteroatoms. The highest BCUT2D eigenvalue weighted by Crippen LogP contribution is 2.20. The Hall–Kier alpha value is -3.61. The number of nitrogens with one attached hydrogen (secondary N) is 3. The molecule has 29 heavy (non-hydrogen) atoms. The largest absolute Gasteiger partial charge is 0.378 e. The summed E-state index contributed by atoms with van der Waals surface area (Å²) in [5.74, 6) is 1.17. The lowest BCUT2D eigenvalue weighted by Crippen LogP contribution is -2.13. The summed E-state index contributed by atoms with van der Waals surface area (Å²) in [4.78, 5) is 23.2. The van der Waals surface area contributed by atoms with Crippen LogP contribution in [0.1, 0.15) is 23.0 Å². The first-order chi connectivity index (χ1) is 13.9. The summed E-state index contributed by atoms with van der Waals surface area (Å²) in [6, 6.07) is 16.9. The lowest BCUT2D eigenvalue weighted by atomic mass is 10.2. The second-order valence-electron chi connectivity index (χ2n) is 6.85. The molecule has 0 radical (unpaired) electrons. The first kappa shape index (κ1) is 20.1. The second-order valence-corrected chi connectivity index (χ2v) is 6.85. The van der Waals surface area contributed by atoms with E-state index < -0.39 is 0 Å². The van der Waals surface area contributed by atoms with Crippen LogP contribution in [-0.2, 0) is 0 Å². The van der Waals surface area contributed by atoms with Crippen molar-refractivity contribution >= 4 is 34.7 Å². The third-order valence-corrected chi connectivity index (χ3v) is 4.25. The molecule has 0 bridgehead atoms. The van der Waals surface area contributed by atoms with Gasteiger partial charge in [0.2, 0.25) is 5.95 Å². The molecule has 1 heterocycles.